The largest absolute Gasteiger partial charge is 0.546 e. The molecule has 1 rings (SSSR count). The van der Waals surface area contributed by atoms with Gasteiger partial charge in [0.2, 0.25) is 0 Å². The van der Waals surface area contributed by atoms with E-state index in [0.29, 0.717) is 22.5 Å². The molecule has 106 valence electrons. The second-order valence-electron chi connectivity index (χ2n) is 6.54. The first-order chi connectivity index (χ1) is 8.36. The summed E-state index contributed by atoms with van der Waals surface area (Å²) in [6, 6.07) is 0. The quantitative estimate of drug-likeness (QED) is 0.724. The standard InChI is InChI=1S/C15H31NOSi/c1-11(2)18(12(3)4,13(5)6)17-15-9-7-8-14(15)10-16/h9,11-14H,7-8,10,16H2,1-6H3. The fourth-order valence-electron chi connectivity index (χ4n) is 3.65. The minimum Gasteiger partial charge on any atom is -0.546 e. The molecule has 0 saturated carbocycles. The van der Waals surface area contributed by atoms with Crippen molar-refractivity contribution in [2.45, 2.75) is 71.0 Å². The van der Waals surface area contributed by atoms with Crippen LogP contribution in [-0.4, -0.2) is 14.9 Å². The van der Waals surface area contributed by atoms with Crippen LogP contribution >= 0.6 is 0 Å². The van der Waals surface area contributed by atoms with Crippen molar-refractivity contribution in [2.75, 3.05) is 6.54 Å². The van der Waals surface area contributed by atoms with Gasteiger partial charge in [0.1, 0.15) is 0 Å². The molecule has 0 aromatic carbocycles. The van der Waals surface area contributed by atoms with Crippen LogP contribution in [0.4, 0.5) is 0 Å². The van der Waals surface area contributed by atoms with Crippen LogP contribution in [0.3, 0.4) is 0 Å². The summed E-state index contributed by atoms with van der Waals surface area (Å²) in [4.78, 5) is 0. The predicted molar refractivity (Wildman–Crippen MR) is 82.0 cm³/mol. The lowest BCUT2D eigenvalue weighted by atomic mass is 10.1. The molecule has 0 heterocycles. The van der Waals surface area contributed by atoms with Crippen molar-refractivity contribution in [1.82, 2.24) is 0 Å². The lowest BCUT2D eigenvalue weighted by molar-refractivity contribution is 0.320. The van der Waals surface area contributed by atoms with Crippen molar-refractivity contribution < 1.29 is 4.43 Å². The van der Waals surface area contributed by atoms with E-state index in [9.17, 15) is 0 Å². The van der Waals surface area contributed by atoms with Crippen LogP contribution in [0.5, 0.6) is 0 Å². The summed E-state index contributed by atoms with van der Waals surface area (Å²) < 4.78 is 6.71. The molecule has 0 bridgehead atoms. The van der Waals surface area contributed by atoms with Crippen LogP contribution in [0.2, 0.25) is 16.6 Å². The van der Waals surface area contributed by atoms with Gasteiger partial charge in [-0.2, -0.15) is 0 Å². The maximum atomic E-state index is 6.71. The first kappa shape index (κ1) is 15.8. The van der Waals surface area contributed by atoms with Crippen LogP contribution in [0, 0.1) is 5.92 Å². The molecule has 2 nitrogen and oxygen atoms in total. The molecular weight excluding hydrogens is 238 g/mol. The summed E-state index contributed by atoms with van der Waals surface area (Å²) in [5, 5.41) is 0. The highest BCUT2D eigenvalue weighted by molar-refractivity contribution is 6.77. The number of hydrogen-bond donors (Lipinski definition) is 1. The molecule has 0 aromatic heterocycles. The van der Waals surface area contributed by atoms with E-state index in [4.69, 9.17) is 10.2 Å². The van der Waals surface area contributed by atoms with Crippen LogP contribution in [-0.2, 0) is 4.43 Å². The second-order valence-corrected chi connectivity index (χ2v) is 11.9. The van der Waals surface area contributed by atoms with Crippen molar-refractivity contribution in [3.05, 3.63) is 11.8 Å². The smallest absolute Gasteiger partial charge is 0.258 e. The fraction of sp³-hybridized carbons (Fsp3) is 0.867. The van der Waals surface area contributed by atoms with Crippen LogP contribution in [0.1, 0.15) is 54.4 Å². The highest BCUT2D eigenvalue weighted by Crippen LogP contribution is 2.45. The molecule has 0 aliphatic heterocycles. The monoisotopic (exact) mass is 269 g/mol. The summed E-state index contributed by atoms with van der Waals surface area (Å²) in [7, 11) is -1.77. The Labute approximate surface area is 114 Å². The number of nitrogens with two attached hydrogens (primary N) is 1. The van der Waals surface area contributed by atoms with E-state index >= 15 is 0 Å². The molecule has 1 aliphatic rings. The maximum Gasteiger partial charge on any atom is 0.258 e. The highest BCUT2D eigenvalue weighted by Gasteiger charge is 2.48. The minimum atomic E-state index is -1.77. The highest BCUT2D eigenvalue weighted by atomic mass is 28.4. The van der Waals surface area contributed by atoms with Gasteiger partial charge in [0.15, 0.2) is 0 Å². The predicted octanol–water partition coefficient (Wildman–Crippen LogP) is 4.43. The number of rotatable bonds is 6. The van der Waals surface area contributed by atoms with Gasteiger partial charge < -0.3 is 10.2 Å². The van der Waals surface area contributed by atoms with Crippen LogP contribution in [0.25, 0.3) is 0 Å². The van der Waals surface area contributed by atoms with Crippen molar-refractivity contribution in [2.24, 2.45) is 11.7 Å². The summed E-state index contributed by atoms with van der Waals surface area (Å²) >= 11 is 0. The van der Waals surface area contributed by atoms with Gasteiger partial charge in [-0.3, -0.25) is 0 Å². The Hall–Kier alpha value is -0.283. The van der Waals surface area contributed by atoms with E-state index in [1.54, 1.807) is 0 Å². The summed E-state index contributed by atoms with van der Waals surface area (Å²) in [5.41, 5.74) is 7.78. The van der Waals surface area contributed by atoms with Gasteiger partial charge in [-0.15, -0.1) is 0 Å². The van der Waals surface area contributed by atoms with Crippen LogP contribution < -0.4 is 5.73 Å². The van der Waals surface area contributed by atoms with E-state index in [2.05, 4.69) is 47.6 Å². The Bertz CT molecular complexity index is 275. The second kappa shape index (κ2) is 6.24. The van der Waals surface area contributed by atoms with Gasteiger partial charge in [0.05, 0.1) is 5.76 Å². The third-order valence-corrected chi connectivity index (χ3v) is 10.6. The molecule has 2 N–H and O–H groups in total. The first-order valence-corrected chi connectivity index (χ1v) is 9.59. The molecule has 1 aliphatic carbocycles. The average molecular weight is 270 g/mol. The minimum absolute atomic E-state index is 0.466. The third-order valence-electron chi connectivity index (χ3n) is 4.55. The zero-order valence-electron chi connectivity index (χ0n) is 13.0. The third kappa shape index (κ3) is 2.82. The lowest BCUT2D eigenvalue weighted by Gasteiger charge is -2.43. The molecule has 0 saturated heterocycles. The molecule has 0 fully saturated rings. The Kier molecular flexibility index (Phi) is 5.47. The van der Waals surface area contributed by atoms with Gasteiger partial charge in [0.25, 0.3) is 8.32 Å². The summed E-state index contributed by atoms with van der Waals surface area (Å²) in [5.74, 6) is 1.67. The molecule has 1 atom stereocenters. The number of hydrogen-bond acceptors (Lipinski definition) is 2. The van der Waals surface area contributed by atoms with E-state index < -0.39 is 8.32 Å². The number of allylic oxidation sites excluding steroid dienone is 1. The van der Waals surface area contributed by atoms with Crippen LogP contribution in [0.15, 0.2) is 11.8 Å². The topological polar surface area (TPSA) is 35.2 Å². The Morgan fingerprint density at radius 1 is 1.17 bits per heavy atom. The van der Waals surface area contributed by atoms with Crippen molar-refractivity contribution in [3.63, 3.8) is 0 Å². The van der Waals surface area contributed by atoms with Gasteiger partial charge in [-0.25, -0.2) is 0 Å². The molecule has 18 heavy (non-hydrogen) atoms. The van der Waals surface area contributed by atoms with E-state index in [1.165, 1.54) is 12.2 Å². The van der Waals surface area contributed by atoms with E-state index in [0.717, 1.165) is 13.0 Å². The van der Waals surface area contributed by atoms with Gasteiger partial charge in [-0.1, -0.05) is 41.5 Å². The first-order valence-electron chi connectivity index (χ1n) is 7.45. The SMILES string of the molecule is CC(C)[Si](OC1=CCCC1CN)(C(C)C)C(C)C. The average Bonchev–Trinajstić information content (AvgIpc) is 2.71. The van der Waals surface area contributed by atoms with E-state index in [1.807, 2.05) is 0 Å². The fourth-order valence-corrected chi connectivity index (χ4v) is 9.02. The molecule has 0 amide bonds. The summed E-state index contributed by atoms with van der Waals surface area (Å²) in [6.45, 7) is 14.7. The van der Waals surface area contributed by atoms with Crippen molar-refractivity contribution >= 4 is 8.32 Å². The maximum absolute atomic E-state index is 6.71. The molecule has 0 aromatic rings. The molecule has 1 unspecified atom stereocenters. The molecule has 0 radical (unpaired) electrons. The van der Waals surface area contributed by atoms with Gasteiger partial charge in [0, 0.05) is 12.5 Å². The van der Waals surface area contributed by atoms with Crippen molar-refractivity contribution in [1.29, 1.82) is 0 Å². The Morgan fingerprint density at radius 2 is 1.67 bits per heavy atom. The van der Waals surface area contributed by atoms with Gasteiger partial charge in [-0.05, 0) is 35.5 Å². The Morgan fingerprint density at radius 3 is 2.06 bits per heavy atom. The van der Waals surface area contributed by atoms with Gasteiger partial charge >= 0.3 is 0 Å². The molecular formula is C15H31NOSi. The van der Waals surface area contributed by atoms with E-state index in [-0.39, 0.29) is 0 Å². The normalized spacial score (nSPS) is 21.0. The molecule has 3 heteroatoms. The Balaban J connectivity index is 2.98. The molecule has 0 spiro atoms. The zero-order valence-corrected chi connectivity index (χ0v) is 14.0. The van der Waals surface area contributed by atoms with Crippen molar-refractivity contribution in [3.8, 4) is 0 Å². The lowest BCUT2D eigenvalue weighted by Crippen LogP contribution is -2.48. The summed E-state index contributed by atoms with van der Waals surface area (Å²) in [6.07, 6.45) is 4.59. The zero-order chi connectivity index (χ0) is 13.9.